The standard InChI is InChI=1S/C14H11Cl3N2O2/c1-8(10-3-2-4-12(16)14(10)17)18-13-7-9(19(20)21)5-6-11(13)15/h2-8,18H,1H3. The largest absolute Gasteiger partial charge is 0.377 e. The summed E-state index contributed by atoms with van der Waals surface area (Å²) in [5.74, 6) is 0. The van der Waals surface area contributed by atoms with Crippen LogP contribution in [0.2, 0.25) is 15.1 Å². The van der Waals surface area contributed by atoms with E-state index in [0.29, 0.717) is 20.8 Å². The van der Waals surface area contributed by atoms with Crippen LogP contribution in [0.4, 0.5) is 11.4 Å². The first-order chi connectivity index (χ1) is 9.90. The van der Waals surface area contributed by atoms with Crippen molar-refractivity contribution >= 4 is 46.2 Å². The Balaban J connectivity index is 2.31. The summed E-state index contributed by atoms with van der Waals surface area (Å²) >= 11 is 18.2. The van der Waals surface area contributed by atoms with Gasteiger partial charge in [-0.2, -0.15) is 0 Å². The van der Waals surface area contributed by atoms with Crippen LogP contribution >= 0.6 is 34.8 Å². The summed E-state index contributed by atoms with van der Waals surface area (Å²) < 4.78 is 0. The van der Waals surface area contributed by atoms with Crippen molar-refractivity contribution < 1.29 is 4.92 Å². The summed E-state index contributed by atoms with van der Waals surface area (Å²) in [7, 11) is 0. The number of non-ortho nitro benzene ring substituents is 1. The average Bonchev–Trinajstić information content (AvgIpc) is 2.43. The average molecular weight is 346 g/mol. The molecule has 0 radical (unpaired) electrons. The Kier molecular flexibility index (Phi) is 4.93. The lowest BCUT2D eigenvalue weighted by molar-refractivity contribution is -0.384. The number of nitrogens with zero attached hydrogens (tertiary/aromatic N) is 1. The number of hydrogen-bond acceptors (Lipinski definition) is 3. The molecule has 0 bridgehead atoms. The van der Waals surface area contributed by atoms with Crippen LogP contribution in [-0.4, -0.2) is 4.92 Å². The molecule has 0 aliphatic heterocycles. The first-order valence-electron chi connectivity index (χ1n) is 6.04. The number of rotatable bonds is 4. The first kappa shape index (κ1) is 15.9. The van der Waals surface area contributed by atoms with E-state index in [1.807, 2.05) is 13.0 Å². The Labute approximate surface area is 136 Å². The number of nitrogens with one attached hydrogen (secondary N) is 1. The Morgan fingerprint density at radius 3 is 2.52 bits per heavy atom. The lowest BCUT2D eigenvalue weighted by Gasteiger charge is -2.18. The molecule has 0 aromatic heterocycles. The number of anilines is 1. The fraction of sp³-hybridized carbons (Fsp3) is 0.143. The van der Waals surface area contributed by atoms with E-state index in [1.54, 1.807) is 12.1 Å². The second-order valence-electron chi connectivity index (χ2n) is 4.43. The van der Waals surface area contributed by atoms with Crippen LogP contribution in [0, 0.1) is 10.1 Å². The zero-order chi connectivity index (χ0) is 15.6. The maximum Gasteiger partial charge on any atom is 0.271 e. The monoisotopic (exact) mass is 344 g/mol. The molecule has 0 heterocycles. The molecule has 1 N–H and O–H groups in total. The normalized spacial score (nSPS) is 12.0. The van der Waals surface area contributed by atoms with Crippen molar-refractivity contribution in [2.45, 2.75) is 13.0 Å². The van der Waals surface area contributed by atoms with Crippen LogP contribution in [0.5, 0.6) is 0 Å². The van der Waals surface area contributed by atoms with Crippen LogP contribution in [0.15, 0.2) is 36.4 Å². The Hall–Kier alpha value is -1.49. The predicted octanol–water partition coefficient (Wildman–Crippen LogP) is 5.73. The smallest absolute Gasteiger partial charge is 0.271 e. The van der Waals surface area contributed by atoms with Gasteiger partial charge in [0.2, 0.25) is 0 Å². The molecule has 0 amide bonds. The zero-order valence-corrected chi connectivity index (χ0v) is 13.2. The summed E-state index contributed by atoms with van der Waals surface area (Å²) in [6.07, 6.45) is 0. The molecular weight excluding hydrogens is 335 g/mol. The van der Waals surface area contributed by atoms with Gasteiger partial charge in [-0.1, -0.05) is 46.9 Å². The molecular formula is C14H11Cl3N2O2. The second kappa shape index (κ2) is 6.52. The highest BCUT2D eigenvalue weighted by molar-refractivity contribution is 6.42. The minimum atomic E-state index is -0.474. The van der Waals surface area contributed by atoms with Gasteiger partial charge in [-0.15, -0.1) is 0 Å². The molecule has 0 spiro atoms. The maximum atomic E-state index is 10.8. The van der Waals surface area contributed by atoms with E-state index in [1.165, 1.54) is 18.2 Å². The van der Waals surface area contributed by atoms with Gasteiger partial charge < -0.3 is 5.32 Å². The van der Waals surface area contributed by atoms with Crippen molar-refractivity contribution in [2.24, 2.45) is 0 Å². The van der Waals surface area contributed by atoms with Gasteiger partial charge in [-0.3, -0.25) is 10.1 Å². The fourth-order valence-electron chi connectivity index (χ4n) is 1.90. The van der Waals surface area contributed by atoms with Crippen LogP contribution in [0.1, 0.15) is 18.5 Å². The first-order valence-corrected chi connectivity index (χ1v) is 7.18. The third-order valence-electron chi connectivity index (χ3n) is 2.98. The van der Waals surface area contributed by atoms with Gasteiger partial charge in [0.1, 0.15) is 0 Å². The number of hydrogen-bond donors (Lipinski definition) is 1. The number of benzene rings is 2. The van der Waals surface area contributed by atoms with Crippen molar-refractivity contribution in [1.29, 1.82) is 0 Å². The highest BCUT2D eigenvalue weighted by atomic mass is 35.5. The van der Waals surface area contributed by atoms with E-state index in [-0.39, 0.29) is 11.7 Å². The molecule has 2 rings (SSSR count). The van der Waals surface area contributed by atoms with E-state index < -0.39 is 4.92 Å². The molecule has 0 aliphatic rings. The number of halogens is 3. The minimum Gasteiger partial charge on any atom is -0.377 e. The van der Waals surface area contributed by atoms with Gasteiger partial charge >= 0.3 is 0 Å². The molecule has 2 aromatic carbocycles. The molecule has 2 aromatic rings. The third-order valence-corrected chi connectivity index (χ3v) is 4.14. The molecule has 4 nitrogen and oxygen atoms in total. The van der Waals surface area contributed by atoms with Gasteiger partial charge in [-0.05, 0) is 24.6 Å². The SMILES string of the molecule is CC(Nc1cc([N+](=O)[O-])ccc1Cl)c1cccc(Cl)c1Cl. The quantitative estimate of drug-likeness (QED) is 0.569. The Morgan fingerprint density at radius 1 is 1.14 bits per heavy atom. The molecule has 0 saturated heterocycles. The van der Waals surface area contributed by atoms with Crippen LogP contribution < -0.4 is 5.32 Å². The molecule has 7 heteroatoms. The fourth-order valence-corrected chi connectivity index (χ4v) is 2.55. The van der Waals surface area contributed by atoms with E-state index in [2.05, 4.69) is 5.32 Å². The summed E-state index contributed by atoms with van der Waals surface area (Å²) in [4.78, 5) is 10.3. The van der Waals surface area contributed by atoms with Crippen molar-refractivity contribution in [3.05, 3.63) is 67.1 Å². The van der Waals surface area contributed by atoms with E-state index in [9.17, 15) is 10.1 Å². The highest BCUT2D eigenvalue weighted by Crippen LogP contribution is 2.34. The van der Waals surface area contributed by atoms with E-state index in [4.69, 9.17) is 34.8 Å². The van der Waals surface area contributed by atoms with E-state index in [0.717, 1.165) is 5.56 Å². The van der Waals surface area contributed by atoms with E-state index >= 15 is 0 Å². The molecule has 110 valence electrons. The molecule has 1 unspecified atom stereocenters. The van der Waals surface area contributed by atoms with Crippen molar-refractivity contribution in [1.82, 2.24) is 0 Å². The lowest BCUT2D eigenvalue weighted by Crippen LogP contribution is -2.08. The zero-order valence-electron chi connectivity index (χ0n) is 10.9. The number of nitro benzene ring substituents is 1. The van der Waals surface area contributed by atoms with Crippen molar-refractivity contribution in [3.8, 4) is 0 Å². The second-order valence-corrected chi connectivity index (χ2v) is 5.62. The van der Waals surface area contributed by atoms with Gasteiger partial charge in [0.05, 0.1) is 31.7 Å². The Morgan fingerprint density at radius 2 is 1.86 bits per heavy atom. The van der Waals surface area contributed by atoms with Crippen molar-refractivity contribution in [3.63, 3.8) is 0 Å². The summed E-state index contributed by atoms with van der Waals surface area (Å²) in [6.45, 7) is 1.87. The van der Waals surface area contributed by atoms with Crippen LogP contribution in [0.25, 0.3) is 0 Å². The maximum absolute atomic E-state index is 10.8. The highest BCUT2D eigenvalue weighted by Gasteiger charge is 2.15. The van der Waals surface area contributed by atoms with Gasteiger partial charge in [0.15, 0.2) is 0 Å². The number of nitro groups is 1. The third kappa shape index (κ3) is 3.59. The van der Waals surface area contributed by atoms with Gasteiger partial charge in [0, 0.05) is 12.1 Å². The molecule has 1 atom stereocenters. The summed E-state index contributed by atoms with van der Waals surface area (Å²) in [5.41, 5.74) is 1.22. The minimum absolute atomic E-state index is 0.0358. The molecule has 21 heavy (non-hydrogen) atoms. The summed E-state index contributed by atoms with van der Waals surface area (Å²) in [5, 5.41) is 15.2. The molecule has 0 aliphatic carbocycles. The Bertz CT molecular complexity index is 692. The molecule has 0 fully saturated rings. The molecule has 0 saturated carbocycles. The summed E-state index contributed by atoms with van der Waals surface area (Å²) in [6, 6.07) is 9.32. The van der Waals surface area contributed by atoms with Crippen LogP contribution in [-0.2, 0) is 0 Å². The van der Waals surface area contributed by atoms with Crippen molar-refractivity contribution in [2.75, 3.05) is 5.32 Å². The predicted molar refractivity (Wildman–Crippen MR) is 86.6 cm³/mol. The topological polar surface area (TPSA) is 55.2 Å². The van der Waals surface area contributed by atoms with Gasteiger partial charge in [-0.25, -0.2) is 0 Å². The van der Waals surface area contributed by atoms with Gasteiger partial charge in [0.25, 0.3) is 5.69 Å². The van der Waals surface area contributed by atoms with Crippen LogP contribution in [0.3, 0.4) is 0 Å². The lowest BCUT2D eigenvalue weighted by atomic mass is 10.1.